The van der Waals surface area contributed by atoms with E-state index in [1.807, 2.05) is 0 Å². The van der Waals surface area contributed by atoms with Gasteiger partial charge in [-0.05, 0) is 13.0 Å². The smallest absolute Gasteiger partial charge is 0.153 e. The Balaban J connectivity index is 3.36. The van der Waals surface area contributed by atoms with Crippen molar-refractivity contribution in [2.45, 2.75) is 32.6 Å². The van der Waals surface area contributed by atoms with Crippen LogP contribution in [0.25, 0.3) is 0 Å². The second kappa shape index (κ2) is 10.1. The molecular formula is C11H25NO3S. The predicted octanol–water partition coefficient (Wildman–Crippen LogP) is 1.22. The van der Waals surface area contributed by atoms with Gasteiger partial charge in [-0.25, -0.2) is 8.42 Å². The Morgan fingerprint density at radius 2 is 1.81 bits per heavy atom. The SMILES string of the molecule is CCCCCCNCCS(=O)(=O)CCOC. The lowest BCUT2D eigenvalue weighted by Gasteiger charge is -2.05. The summed E-state index contributed by atoms with van der Waals surface area (Å²) in [7, 11) is -1.41. The van der Waals surface area contributed by atoms with E-state index in [9.17, 15) is 8.42 Å². The van der Waals surface area contributed by atoms with Crippen LogP contribution < -0.4 is 5.32 Å². The fourth-order valence-corrected chi connectivity index (χ4v) is 2.42. The molecule has 1 N–H and O–H groups in total. The van der Waals surface area contributed by atoms with Crippen molar-refractivity contribution in [2.75, 3.05) is 38.3 Å². The lowest BCUT2D eigenvalue weighted by molar-refractivity contribution is 0.217. The highest BCUT2D eigenvalue weighted by Gasteiger charge is 2.09. The third-order valence-corrected chi connectivity index (χ3v) is 4.01. The molecule has 0 aromatic carbocycles. The minimum atomic E-state index is -2.93. The Morgan fingerprint density at radius 1 is 1.06 bits per heavy atom. The Hall–Kier alpha value is -0.130. The molecule has 0 atom stereocenters. The summed E-state index contributed by atoms with van der Waals surface area (Å²) in [4.78, 5) is 0. The first kappa shape index (κ1) is 15.9. The van der Waals surface area contributed by atoms with E-state index >= 15 is 0 Å². The number of rotatable bonds is 11. The van der Waals surface area contributed by atoms with Crippen LogP contribution in [0.4, 0.5) is 0 Å². The summed E-state index contributed by atoms with van der Waals surface area (Å²) < 4.78 is 27.6. The summed E-state index contributed by atoms with van der Waals surface area (Å²) in [5.41, 5.74) is 0. The second-order valence-corrected chi connectivity index (χ2v) is 6.26. The van der Waals surface area contributed by atoms with Crippen molar-refractivity contribution in [3.63, 3.8) is 0 Å². The Bertz CT molecular complexity index is 240. The van der Waals surface area contributed by atoms with Crippen molar-refractivity contribution in [1.82, 2.24) is 5.32 Å². The van der Waals surface area contributed by atoms with Gasteiger partial charge in [-0.3, -0.25) is 0 Å². The zero-order valence-corrected chi connectivity index (χ0v) is 11.3. The van der Waals surface area contributed by atoms with E-state index in [1.165, 1.54) is 26.4 Å². The summed E-state index contributed by atoms with van der Waals surface area (Å²) in [6.07, 6.45) is 4.84. The lowest BCUT2D eigenvalue weighted by Crippen LogP contribution is -2.26. The van der Waals surface area contributed by atoms with Crippen LogP contribution in [0.5, 0.6) is 0 Å². The van der Waals surface area contributed by atoms with Crippen molar-refractivity contribution in [2.24, 2.45) is 0 Å². The Labute approximate surface area is 99.7 Å². The average Bonchev–Trinajstić information content (AvgIpc) is 2.25. The van der Waals surface area contributed by atoms with E-state index in [2.05, 4.69) is 12.2 Å². The van der Waals surface area contributed by atoms with Gasteiger partial charge in [-0.15, -0.1) is 0 Å². The van der Waals surface area contributed by atoms with Gasteiger partial charge in [-0.1, -0.05) is 26.2 Å². The van der Waals surface area contributed by atoms with Gasteiger partial charge >= 0.3 is 0 Å². The van der Waals surface area contributed by atoms with Crippen LogP contribution in [0.3, 0.4) is 0 Å². The van der Waals surface area contributed by atoms with E-state index in [4.69, 9.17) is 4.74 Å². The second-order valence-electron chi connectivity index (χ2n) is 3.96. The number of methoxy groups -OCH3 is 1. The largest absolute Gasteiger partial charge is 0.384 e. The quantitative estimate of drug-likeness (QED) is 0.561. The van der Waals surface area contributed by atoms with Gasteiger partial charge in [-0.2, -0.15) is 0 Å². The van der Waals surface area contributed by atoms with Crippen LogP contribution in [-0.2, 0) is 14.6 Å². The third-order valence-electron chi connectivity index (χ3n) is 2.40. The van der Waals surface area contributed by atoms with E-state index < -0.39 is 9.84 Å². The molecular weight excluding hydrogens is 226 g/mol. The monoisotopic (exact) mass is 251 g/mol. The molecule has 0 aliphatic heterocycles. The van der Waals surface area contributed by atoms with Gasteiger partial charge in [0.25, 0.3) is 0 Å². The van der Waals surface area contributed by atoms with Crippen LogP contribution in [0.2, 0.25) is 0 Å². The van der Waals surface area contributed by atoms with Crippen molar-refractivity contribution >= 4 is 9.84 Å². The molecule has 0 aliphatic carbocycles. The van der Waals surface area contributed by atoms with Gasteiger partial charge < -0.3 is 10.1 Å². The van der Waals surface area contributed by atoms with Crippen molar-refractivity contribution in [3.05, 3.63) is 0 Å². The first-order valence-corrected chi connectivity index (χ1v) is 7.84. The molecule has 0 radical (unpaired) electrons. The lowest BCUT2D eigenvalue weighted by atomic mass is 10.2. The highest BCUT2D eigenvalue weighted by molar-refractivity contribution is 7.91. The highest BCUT2D eigenvalue weighted by atomic mass is 32.2. The van der Waals surface area contributed by atoms with Crippen LogP contribution in [-0.4, -0.2) is 46.7 Å². The molecule has 0 saturated carbocycles. The third kappa shape index (κ3) is 10.4. The molecule has 0 saturated heterocycles. The summed E-state index contributed by atoms with van der Waals surface area (Å²) in [6.45, 7) is 3.94. The molecule has 0 rings (SSSR count). The predicted molar refractivity (Wildman–Crippen MR) is 67.5 cm³/mol. The fourth-order valence-electron chi connectivity index (χ4n) is 1.34. The summed E-state index contributed by atoms with van der Waals surface area (Å²) in [5.74, 6) is 0.338. The standard InChI is InChI=1S/C11H25NO3S/c1-3-4-5-6-7-12-8-10-16(13,14)11-9-15-2/h12H,3-11H2,1-2H3. The number of hydrogen-bond donors (Lipinski definition) is 1. The zero-order valence-electron chi connectivity index (χ0n) is 10.5. The van der Waals surface area contributed by atoms with Crippen molar-refractivity contribution in [3.8, 4) is 0 Å². The van der Waals surface area contributed by atoms with Crippen LogP contribution >= 0.6 is 0 Å². The van der Waals surface area contributed by atoms with Gasteiger partial charge in [0.2, 0.25) is 0 Å². The minimum Gasteiger partial charge on any atom is -0.384 e. The maximum Gasteiger partial charge on any atom is 0.153 e. The van der Waals surface area contributed by atoms with Crippen molar-refractivity contribution < 1.29 is 13.2 Å². The molecule has 4 nitrogen and oxygen atoms in total. The van der Waals surface area contributed by atoms with E-state index in [1.54, 1.807) is 0 Å². The van der Waals surface area contributed by atoms with E-state index in [0.29, 0.717) is 13.2 Å². The van der Waals surface area contributed by atoms with E-state index in [0.717, 1.165) is 13.0 Å². The number of sulfone groups is 1. The molecule has 98 valence electrons. The van der Waals surface area contributed by atoms with Crippen LogP contribution in [0, 0.1) is 0 Å². The minimum absolute atomic E-state index is 0.126. The number of nitrogens with one attached hydrogen (secondary N) is 1. The Morgan fingerprint density at radius 3 is 2.44 bits per heavy atom. The molecule has 0 unspecified atom stereocenters. The van der Waals surface area contributed by atoms with Crippen LogP contribution in [0.15, 0.2) is 0 Å². The van der Waals surface area contributed by atoms with Crippen molar-refractivity contribution in [1.29, 1.82) is 0 Å². The molecule has 0 aromatic rings. The molecule has 0 aromatic heterocycles. The van der Waals surface area contributed by atoms with Crippen LogP contribution in [0.1, 0.15) is 32.6 Å². The highest BCUT2D eigenvalue weighted by Crippen LogP contribution is 1.97. The molecule has 0 bridgehead atoms. The molecule has 0 amide bonds. The molecule has 16 heavy (non-hydrogen) atoms. The van der Waals surface area contributed by atoms with Gasteiger partial charge in [0, 0.05) is 13.7 Å². The molecule has 0 spiro atoms. The summed E-state index contributed by atoms with van der Waals surface area (Å²) in [5, 5.41) is 3.16. The molecule has 0 fully saturated rings. The fraction of sp³-hybridized carbons (Fsp3) is 1.00. The maximum absolute atomic E-state index is 11.4. The summed E-state index contributed by atoms with van der Waals surface area (Å²) >= 11 is 0. The molecule has 0 aliphatic rings. The van der Waals surface area contributed by atoms with Gasteiger partial charge in [0.1, 0.15) is 0 Å². The molecule has 5 heteroatoms. The number of unbranched alkanes of at least 4 members (excludes halogenated alkanes) is 3. The first-order valence-electron chi connectivity index (χ1n) is 6.02. The number of ether oxygens (including phenoxy) is 1. The number of hydrogen-bond acceptors (Lipinski definition) is 4. The normalized spacial score (nSPS) is 11.9. The first-order chi connectivity index (χ1) is 7.62. The van der Waals surface area contributed by atoms with E-state index in [-0.39, 0.29) is 11.5 Å². The maximum atomic E-state index is 11.4. The average molecular weight is 251 g/mol. The topological polar surface area (TPSA) is 55.4 Å². The van der Waals surface area contributed by atoms with Gasteiger partial charge in [0.15, 0.2) is 9.84 Å². The zero-order chi connectivity index (χ0) is 12.3. The summed E-state index contributed by atoms with van der Waals surface area (Å²) in [6, 6.07) is 0. The van der Waals surface area contributed by atoms with Gasteiger partial charge in [0.05, 0.1) is 18.1 Å². The Kier molecular flexibility index (Phi) is 9.97. The molecule has 0 heterocycles.